The molecule has 1 aromatic carbocycles. The number of anilines is 2. The van der Waals surface area contributed by atoms with Crippen LogP contribution >= 0.6 is 0 Å². The average molecular weight is 372 g/mol. The number of aromatic nitrogens is 5. The summed E-state index contributed by atoms with van der Waals surface area (Å²) >= 11 is 0. The van der Waals surface area contributed by atoms with E-state index in [0.717, 1.165) is 46.8 Å². The molecule has 28 heavy (non-hydrogen) atoms. The summed E-state index contributed by atoms with van der Waals surface area (Å²) in [4.78, 5) is 20.3. The molecule has 1 aliphatic rings. The molecule has 4 aromatic rings. The third-order valence-electron chi connectivity index (χ3n) is 5.01. The van der Waals surface area contributed by atoms with Gasteiger partial charge in [-0.25, -0.2) is 9.97 Å². The van der Waals surface area contributed by atoms with Crippen molar-refractivity contribution in [2.45, 2.75) is 18.9 Å². The van der Waals surface area contributed by atoms with E-state index in [1.807, 2.05) is 48.3 Å². The van der Waals surface area contributed by atoms with Crippen molar-refractivity contribution in [3.05, 3.63) is 55.0 Å². The van der Waals surface area contributed by atoms with Crippen LogP contribution in [0.2, 0.25) is 0 Å². The summed E-state index contributed by atoms with van der Waals surface area (Å²) in [6.45, 7) is 0. The monoisotopic (exact) mass is 372 g/mol. The zero-order valence-electron chi connectivity index (χ0n) is 15.8. The predicted octanol–water partition coefficient (Wildman–Crippen LogP) is 4.00. The number of fused-ring (bicyclic) bond motifs is 1. The van der Waals surface area contributed by atoms with Gasteiger partial charge in [0.2, 0.25) is 5.95 Å². The van der Waals surface area contributed by atoms with E-state index >= 15 is 0 Å². The van der Waals surface area contributed by atoms with Crippen LogP contribution in [0.3, 0.4) is 0 Å². The van der Waals surface area contributed by atoms with Crippen molar-refractivity contribution in [2.24, 2.45) is 0 Å². The Morgan fingerprint density at radius 1 is 1.11 bits per heavy atom. The standard InChI is InChI=1S/C21H20N6O/c1-26(16-4-3-5-17(12-16)28-2)21-23-13-18-20(25-21)27(15-6-7-15)19(24-18)14-8-10-22-11-9-14/h3-5,8-13,15H,6-7H2,1-2H3. The van der Waals surface area contributed by atoms with Crippen LogP contribution < -0.4 is 9.64 Å². The summed E-state index contributed by atoms with van der Waals surface area (Å²) in [5.41, 5.74) is 3.68. The molecule has 140 valence electrons. The van der Waals surface area contributed by atoms with Crippen molar-refractivity contribution in [3.63, 3.8) is 0 Å². The number of hydrogen-bond acceptors (Lipinski definition) is 6. The van der Waals surface area contributed by atoms with Gasteiger partial charge < -0.3 is 14.2 Å². The first-order chi connectivity index (χ1) is 13.7. The van der Waals surface area contributed by atoms with Gasteiger partial charge in [0.15, 0.2) is 5.65 Å². The molecule has 0 saturated heterocycles. The average Bonchev–Trinajstić information content (AvgIpc) is 3.53. The molecule has 0 N–H and O–H groups in total. The fourth-order valence-corrected chi connectivity index (χ4v) is 3.36. The molecule has 7 nitrogen and oxygen atoms in total. The molecule has 3 heterocycles. The van der Waals surface area contributed by atoms with Crippen LogP contribution in [0.1, 0.15) is 18.9 Å². The Morgan fingerprint density at radius 2 is 1.93 bits per heavy atom. The summed E-state index contributed by atoms with van der Waals surface area (Å²) in [7, 11) is 3.62. The third kappa shape index (κ3) is 2.85. The molecule has 7 heteroatoms. The van der Waals surface area contributed by atoms with E-state index < -0.39 is 0 Å². The molecule has 1 aliphatic carbocycles. The molecule has 0 radical (unpaired) electrons. The fraction of sp³-hybridized carbons (Fsp3) is 0.238. The van der Waals surface area contributed by atoms with Crippen LogP contribution in [0.4, 0.5) is 11.6 Å². The van der Waals surface area contributed by atoms with Gasteiger partial charge in [-0.15, -0.1) is 0 Å². The first-order valence-corrected chi connectivity index (χ1v) is 9.28. The quantitative estimate of drug-likeness (QED) is 0.527. The van der Waals surface area contributed by atoms with Gasteiger partial charge in [-0.3, -0.25) is 4.98 Å². The predicted molar refractivity (Wildman–Crippen MR) is 108 cm³/mol. The Bertz CT molecular complexity index is 1140. The van der Waals surface area contributed by atoms with Gasteiger partial charge in [0, 0.05) is 42.8 Å². The van der Waals surface area contributed by atoms with Gasteiger partial charge in [0.05, 0.1) is 13.3 Å². The molecular formula is C21H20N6O. The van der Waals surface area contributed by atoms with Gasteiger partial charge in [-0.05, 0) is 37.1 Å². The van der Waals surface area contributed by atoms with Crippen molar-refractivity contribution < 1.29 is 4.74 Å². The first-order valence-electron chi connectivity index (χ1n) is 9.28. The highest BCUT2D eigenvalue weighted by Crippen LogP contribution is 2.41. The Balaban J connectivity index is 1.62. The zero-order valence-corrected chi connectivity index (χ0v) is 15.8. The molecule has 1 fully saturated rings. The summed E-state index contributed by atoms with van der Waals surface area (Å²) in [5.74, 6) is 2.35. The number of nitrogens with zero attached hydrogens (tertiary/aromatic N) is 6. The molecule has 5 rings (SSSR count). The maximum absolute atomic E-state index is 5.34. The van der Waals surface area contributed by atoms with E-state index in [4.69, 9.17) is 14.7 Å². The van der Waals surface area contributed by atoms with Gasteiger partial charge in [0.1, 0.15) is 17.1 Å². The van der Waals surface area contributed by atoms with Crippen molar-refractivity contribution >= 4 is 22.8 Å². The van der Waals surface area contributed by atoms with Crippen LogP contribution in [-0.4, -0.2) is 38.7 Å². The second-order valence-corrected chi connectivity index (χ2v) is 6.91. The summed E-state index contributed by atoms with van der Waals surface area (Å²) < 4.78 is 7.58. The largest absolute Gasteiger partial charge is 0.497 e. The molecule has 0 bridgehead atoms. The minimum atomic E-state index is 0.443. The maximum atomic E-state index is 5.34. The Hall–Kier alpha value is -3.48. The highest BCUT2D eigenvalue weighted by molar-refractivity contribution is 5.78. The lowest BCUT2D eigenvalue weighted by atomic mass is 10.2. The van der Waals surface area contributed by atoms with Crippen molar-refractivity contribution in [1.29, 1.82) is 0 Å². The molecule has 0 unspecified atom stereocenters. The molecule has 1 saturated carbocycles. The van der Waals surface area contributed by atoms with Gasteiger partial charge in [-0.1, -0.05) is 6.07 Å². The number of rotatable bonds is 5. The van der Waals surface area contributed by atoms with Crippen LogP contribution in [0.25, 0.3) is 22.6 Å². The first kappa shape index (κ1) is 16.7. The van der Waals surface area contributed by atoms with Gasteiger partial charge in [0.25, 0.3) is 0 Å². The number of imidazole rings is 1. The summed E-state index contributed by atoms with van der Waals surface area (Å²) in [5, 5.41) is 0. The fourth-order valence-electron chi connectivity index (χ4n) is 3.36. The molecular weight excluding hydrogens is 352 g/mol. The number of ether oxygens (including phenoxy) is 1. The van der Waals surface area contributed by atoms with E-state index in [-0.39, 0.29) is 0 Å². The molecule has 0 spiro atoms. The lowest BCUT2D eigenvalue weighted by molar-refractivity contribution is 0.415. The van der Waals surface area contributed by atoms with E-state index in [2.05, 4.69) is 14.5 Å². The molecule has 0 atom stereocenters. The number of pyridine rings is 1. The van der Waals surface area contributed by atoms with E-state index in [9.17, 15) is 0 Å². The highest BCUT2D eigenvalue weighted by Gasteiger charge is 2.30. The minimum Gasteiger partial charge on any atom is -0.497 e. The second kappa shape index (κ2) is 6.60. The lowest BCUT2D eigenvalue weighted by Gasteiger charge is -2.18. The minimum absolute atomic E-state index is 0.443. The van der Waals surface area contributed by atoms with Crippen LogP contribution in [0, 0.1) is 0 Å². The Morgan fingerprint density at radius 3 is 2.68 bits per heavy atom. The van der Waals surface area contributed by atoms with E-state index in [1.54, 1.807) is 25.7 Å². The maximum Gasteiger partial charge on any atom is 0.231 e. The van der Waals surface area contributed by atoms with E-state index in [1.165, 1.54) is 0 Å². The van der Waals surface area contributed by atoms with Gasteiger partial charge in [-0.2, -0.15) is 4.98 Å². The summed E-state index contributed by atoms with van der Waals surface area (Å²) in [6, 6.07) is 12.3. The smallest absolute Gasteiger partial charge is 0.231 e. The number of hydrogen-bond donors (Lipinski definition) is 0. The topological polar surface area (TPSA) is 69.0 Å². The van der Waals surface area contributed by atoms with Crippen LogP contribution in [0.5, 0.6) is 5.75 Å². The molecule has 0 amide bonds. The SMILES string of the molecule is COc1cccc(N(C)c2ncc3nc(-c4ccncc4)n(C4CC4)c3n2)c1. The summed E-state index contributed by atoms with van der Waals surface area (Å²) in [6.07, 6.45) is 7.68. The third-order valence-corrected chi connectivity index (χ3v) is 5.01. The van der Waals surface area contributed by atoms with Crippen LogP contribution in [0.15, 0.2) is 55.0 Å². The second-order valence-electron chi connectivity index (χ2n) is 6.91. The van der Waals surface area contributed by atoms with Crippen molar-refractivity contribution in [1.82, 2.24) is 24.5 Å². The lowest BCUT2D eigenvalue weighted by Crippen LogP contribution is -2.13. The zero-order chi connectivity index (χ0) is 19.1. The Labute approximate surface area is 162 Å². The number of methoxy groups -OCH3 is 1. The highest BCUT2D eigenvalue weighted by atomic mass is 16.5. The van der Waals surface area contributed by atoms with Gasteiger partial charge >= 0.3 is 0 Å². The number of benzene rings is 1. The molecule has 3 aromatic heterocycles. The van der Waals surface area contributed by atoms with E-state index in [0.29, 0.717) is 12.0 Å². The molecule has 0 aliphatic heterocycles. The van der Waals surface area contributed by atoms with Crippen LogP contribution in [-0.2, 0) is 0 Å². The van der Waals surface area contributed by atoms with Crippen molar-refractivity contribution in [3.8, 4) is 17.1 Å². The normalized spacial score (nSPS) is 13.6. The Kier molecular flexibility index (Phi) is 3.93. The van der Waals surface area contributed by atoms with Crippen molar-refractivity contribution in [2.75, 3.05) is 19.1 Å².